The third kappa shape index (κ3) is 8.01. The first kappa shape index (κ1) is 22.2. The summed E-state index contributed by atoms with van der Waals surface area (Å²) in [5.74, 6) is 1.21. The van der Waals surface area contributed by atoms with Crippen LogP contribution in [-0.4, -0.2) is 33.3 Å². The third-order valence-corrected chi connectivity index (χ3v) is 3.49. The summed E-state index contributed by atoms with van der Waals surface area (Å²) in [6.45, 7) is 2.17. The maximum atomic E-state index is 13.2. The van der Waals surface area contributed by atoms with E-state index in [4.69, 9.17) is 9.47 Å². The summed E-state index contributed by atoms with van der Waals surface area (Å²) < 4.78 is 23.8. The zero-order valence-electron chi connectivity index (χ0n) is 15.0. The van der Waals surface area contributed by atoms with E-state index in [1.54, 1.807) is 20.2 Å². The van der Waals surface area contributed by atoms with Gasteiger partial charge in [0.2, 0.25) is 0 Å². The lowest BCUT2D eigenvalue weighted by molar-refractivity contribution is 0.146. The molecule has 0 spiro atoms. The highest BCUT2D eigenvalue weighted by molar-refractivity contribution is 14.0. The van der Waals surface area contributed by atoms with Crippen LogP contribution in [0.5, 0.6) is 5.75 Å². The molecular formula is C19H25FIN3O2. The van der Waals surface area contributed by atoms with Gasteiger partial charge in [0, 0.05) is 27.2 Å². The van der Waals surface area contributed by atoms with Gasteiger partial charge in [-0.25, -0.2) is 4.39 Å². The van der Waals surface area contributed by atoms with E-state index in [0.717, 1.165) is 16.9 Å². The van der Waals surface area contributed by atoms with Gasteiger partial charge in [-0.2, -0.15) is 0 Å². The van der Waals surface area contributed by atoms with Crippen molar-refractivity contribution in [3.8, 4) is 5.75 Å². The molecule has 0 unspecified atom stereocenters. The Morgan fingerprint density at radius 2 is 1.65 bits per heavy atom. The summed E-state index contributed by atoms with van der Waals surface area (Å²) in [7, 11) is 3.34. The average Bonchev–Trinajstić information content (AvgIpc) is 2.62. The zero-order valence-corrected chi connectivity index (χ0v) is 17.3. The Balaban J connectivity index is 0.00000338. The van der Waals surface area contributed by atoms with Gasteiger partial charge in [-0.15, -0.1) is 24.0 Å². The highest BCUT2D eigenvalue weighted by Gasteiger charge is 2.01. The van der Waals surface area contributed by atoms with Crippen molar-refractivity contribution in [2.75, 3.05) is 27.4 Å². The molecule has 2 aromatic rings. The Kier molecular flexibility index (Phi) is 10.6. The molecule has 26 heavy (non-hydrogen) atoms. The van der Waals surface area contributed by atoms with E-state index in [9.17, 15) is 4.39 Å². The Morgan fingerprint density at radius 1 is 1.00 bits per heavy atom. The van der Waals surface area contributed by atoms with Crippen LogP contribution in [0.15, 0.2) is 53.5 Å². The molecule has 2 N–H and O–H groups in total. The van der Waals surface area contributed by atoms with Crippen molar-refractivity contribution in [2.24, 2.45) is 4.99 Å². The normalized spacial score (nSPS) is 10.8. The largest absolute Gasteiger partial charge is 0.491 e. The fourth-order valence-electron chi connectivity index (χ4n) is 2.23. The number of aliphatic imine (C=N–C) groups is 1. The van der Waals surface area contributed by atoms with Crippen LogP contribution in [-0.2, 0) is 17.8 Å². The van der Waals surface area contributed by atoms with E-state index in [1.165, 1.54) is 12.1 Å². The summed E-state index contributed by atoms with van der Waals surface area (Å²) >= 11 is 0. The molecule has 0 radical (unpaired) electrons. The van der Waals surface area contributed by atoms with E-state index in [0.29, 0.717) is 32.3 Å². The molecule has 5 nitrogen and oxygen atoms in total. The molecule has 0 aliphatic heterocycles. The Hall–Kier alpha value is -1.87. The van der Waals surface area contributed by atoms with Crippen LogP contribution in [0.1, 0.15) is 11.1 Å². The molecule has 0 aliphatic carbocycles. The number of nitrogens with zero attached hydrogens (tertiary/aromatic N) is 1. The molecule has 0 atom stereocenters. The summed E-state index contributed by atoms with van der Waals surface area (Å²) in [5.41, 5.74) is 1.93. The number of halogens is 2. The smallest absolute Gasteiger partial charge is 0.191 e. The second-order valence-electron chi connectivity index (χ2n) is 5.40. The van der Waals surface area contributed by atoms with Crippen LogP contribution >= 0.6 is 24.0 Å². The molecule has 142 valence electrons. The van der Waals surface area contributed by atoms with Crippen molar-refractivity contribution >= 4 is 29.9 Å². The fourth-order valence-corrected chi connectivity index (χ4v) is 2.23. The predicted molar refractivity (Wildman–Crippen MR) is 113 cm³/mol. The maximum absolute atomic E-state index is 13.2. The van der Waals surface area contributed by atoms with Crippen molar-refractivity contribution in [1.29, 1.82) is 0 Å². The molecule has 0 fully saturated rings. The van der Waals surface area contributed by atoms with Gasteiger partial charge in [0.05, 0.1) is 6.61 Å². The second kappa shape index (κ2) is 12.5. The summed E-state index contributed by atoms with van der Waals surface area (Å²) in [4.78, 5) is 4.18. The van der Waals surface area contributed by atoms with E-state index >= 15 is 0 Å². The molecule has 0 aliphatic rings. The van der Waals surface area contributed by atoms with Crippen LogP contribution in [0.3, 0.4) is 0 Å². The highest BCUT2D eigenvalue weighted by Crippen LogP contribution is 2.13. The van der Waals surface area contributed by atoms with E-state index in [2.05, 4.69) is 15.6 Å². The van der Waals surface area contributed by atoms with Crippen LogP contribution in [0.2, 0.25) is 0 Å². The van der Waals surface area contributed by atoms with Gasteiger partial charge in [-0.1, -0.05) is 24.3 Å². The summed E-state index contributed by atoms with van der Waals surface area (Å²) in [5, 5.41) is 6.39. The Morgan fingerprint density at radius 3 is 2.27 bits per heavy atom. The van der Waals surface area contributed by atoms with Crippen LogP contribution < -0.4 is 15.4 Å². The second-order valence-corrected chi connectivity index (χ2v) is 5.40. The number of hydrogen-bond donors (Lipinski definition) is 2. The molecule has 2 rings (SSSR count). The number of nitrogens with one attached hydrogen (secondary N) is 2. The van der Waals surface area contributed by atoms with Gasteiger partial charge in [0.25, 0.3) is 0 Å². The van der Waals surface area contributed by atoms with Gasteiger partial charge in [-0.05, 0) is 35.4 Å². The van der Waals surface area contributed by atoms with Crippen molar-refractivity contribution < 1.29 is 13.9 Å². The SMILES string of the molecule is CN=C(NCc1cccc(F)c1)NCc1cccc(OCCOC)c1.I. The van der Waals surface area contributed by atoms with Gasteiger partial charge in [0.15, 0.2) is 5.96 Å². The minimum atomic E-state index is -0.243. The van der Waals surface area contributed by atoms with Gasteiger partial charge < -0.3 is 20.1 Å². The number of benzene rings is 2. The molecule has 0 saturated carbocycles. The molecule has 0 saturated heterocycles. The average molecular weight is 473 g/mol. The fraction of sp³-hybridized carbons (Fsp3) is 0.316. The first-order valence-corrected chi connectivity index (χ1v) is 8.11. The lowest BCUT2D eigenvalue weighted by Gasteiger charge is -2.13. The van der Waals surface area contributed by atoms with Crippen LogP contribution in [0.4, 0.5) is 4.39 Å². The monoisotopic (exact) mass is 473 g/mol. The van der Waals surface area contributed by atoms with Crippen molar-refractivity contribution in [2.45, 2.75) is 13.1 Å². The molecule has 0 aromatic heterocycles. The van der Waals surface area contributed by atoms with E-state index in [-0.39, 0.29) is 29.8 Å². The van der Waals surface area contributed by atoms with Crippen molar-refractivity contribution in [1.82, 2.24) is 10.6 Å². The van der Waals surface area contributed by atoms with Gasteiger partial charge in [0.1, 0.15) is 18.2 Å². The van der Waals surface area contributed by atoms with Crippen LogP contribution in [0.25, 0.3) is 0 Å². The molecule has 7 heteroatoms. The van der Waals surface area contributed by atoms with Crippen molar-refractivity contribution in [3.05, 3.63) is 65.5 Å². The molecule has 2 aromatic carbocycles. The minimum Gasteiger partial charge on any atom is -0.491 e. The standard InChI is InChI=1S/C19H24FN3O2.HI/c1-21-19(22-13-15-5-3-7-17(20)11-15)23-14-16-6-4-8-18(12-16)25-10-9-24-2;/h3-8,11-12H,9-10,13-14H2,1-2H3,(H2,21,22,23);1H. The predicted octanol–water partition coefficient (Wildman–Crippen LogP) is 3.33. The summed E-state index contributed by atoms with van der Waals surface area (Å²) in [6, 6.07) is 14.3. The number of rotatable bonds is 8. The molecular weight excluding hydrogens is 448 g/mol. The third-order valence-electron chi connectivity index (χ3n) is 3.49. The van der Waals surface area contributed by atoms with Gasteiger partial charge in [-0.3, -0.25) is 4.99 Å². The zero-order chi connectivity index (χ0) is 17.9. The lowest BCUT2D eigenvalue weighted by Crippen LogP contribution is -2.36. The van der Waals surface area contributed by atoms with Crippen LogP contribution in [0, 0.1) is 5.82 Å². The maximum Gasteiger partial charge on any atom is 0.191 e. The number of guanidine groups is 1. The highest BCUT2D eigenvalue weighted by atomic mass is 127. The first-order valence-electron chi connectivity index (χ1n) is 8.11. The number of hydrogen-bond acceptors (Lipinski definition) is 3. The minimum absolute atomic E-state index is 0. The van der Waals surface area contributed by atoms with Gasteiger partial charge >= 0.3 is 0 Å². The topological polar surface area (TPSA) is 54.9 Å². The summed E-state index contributed by atoms with van der Waals surface area (Å²) in [6.07, 6.45) is 0. The molecule has 0 bridgehead atoms. The number of ether oxygens (including phenoxy) is 2. The Labute approximate surface area is 171 Å². The quantitative estimate of drug-likeness (QED) is 0.267. The molecule has 0 amide bonds. The van der Waals surface area contributed by atoms with Crippen molar-refractivity contribution in [3.63, 3.8) is 0 Å². The van der Waals surface area contributed by atoms with E-state index < -0.39 is 0 Å². The van der Waals surface area contributed by atoms with E-state index in [1.807, 2.05) is 30.3 Å². The first-order chi connectivity index (χ1) is 12.2. The molecule has 0 heterocycles. The lowest BCUT2D eigenvalue weighted by atomic mass is 10.2. The number of methoxy groups -OCH3 is 1. The Bertz CT molecular complexity index is 698.